The van der Waals surface area contributed by atoms with Gasteiger partial charge < -0.3 is 4.74 Å². The number of ether oxygens (including phenoxy) is 1. The van der Waals surface area contributed by atoms with E-state index >= 15 is 0 Å². The molecule has 3 aromatic rings. The Morgan fingerprint density at radius 3 is 2.19 bits per heavy atom. The van der Waals surface area contributed by atoms with Crippen LogP contribution in [0.25, 0.3) is 0 Å². The molecular weight excluding hydrogens is 429 g/mol. The van der Waals surface area contributed by atoms with Gasteiger partial charge in [-0.1, -0.05) is 66.2 Å². The topological polar surface area (TPSA) is 55.9 Å². The van der Waals surface area contributed by atoms with Crippen LogP contribution in [0, 0.1) is 6.92 Å². The third-order valence-electron chi connectivity index (χ3n) is 5.24. The van der Waals surface area contributed by atoms with Gasteiger partial charge in [-0.05, 0) is 36.2 Å². The Morgan fingerprint density at radius 2 is 1.55 bits per heavy atom. The SMILES string of the molecule is Cc1ccc(S(=O)(=O)OCC2(c3ccccc3)OC2c2ccccc2C(F)(F)F)cc1. The first-order valence-corrected chi connectivity index (χ1v) is 10.9. The van der Waals surface area contributed by atoms with Gasteiger partial charge in [0.25, 0.3) is 10.1 Å². The Labute approximate surface area is 178 Å². The summed E-state index contributed by atoms with van der Waals surface area (Å²) < 4.78 is 77.0. The monoisotopic (exact) mass is 448 g/mol. The molecule has 2 atom stereocenters. The molecule has 1 fully saturated rings. The standard InChI is InChI=1S/C23H19F3O4S/c1-16-11-13-18(14-12-16)31(27,28)29-15-22(17-7-3-2-4-8-17)21(30-22)19-9-5-6-10-20(19)23(24,25)26/h2-14,21H,15H2,1H3. The van der Waals surface area contributed by atoms with Crippen LogP contribution in [0.3, 0.4) is 0 Å². The zero-order chi connectivity index (χ0) is 22.3. The molecule has 2 unspecified atom stereocenters. The molecule has 0 amide bonds. The molecule has 1 saturated heterocycles. The van der Waals surface area contributed by atoms with Crippen LogP contribution in [-0.2, 0) is 30.8 Å². The lowest BCUT2D eigenvalue weighted by Gasteiger charge is -2.16. The first kappa shape index (κ1) is 21.5. The van der Waals surface area contributed by atoms with Crippen molar-refractivity contribution >= 4 is 10.1 Å². The van der Waals surface area contributed by atoms with Crippen LogP contribution in [-0.4, -0.2) is 15.0 Å². The minimum Gasteiger partial charge on any atom is -0.353 e. The lowest BCUT2D eigenvalue weighted by atomic mass is 9.90. The van der Waals surface area contributed by atoms with Gasteiger partial charge in [0.2, 0.25) is 0 Å². The fourth-order valence-corrected chi connectivity index (χ4v) is 4.48. The molecule has 4 nitrogen and oxygen atoms in total. The summed E-state index contributed by atoms with van der Waals surface area (Å²) in [5.74, 6) is 0. The summed E-state index contributed by atoms with van der Waals surface area (Å²) in [5.41, 5.74) is -0.806. The van der Waals surface area contributed by atoms with E-state index in [1.165, 1.54) is 30.3 Å². The molecule has 0 saturated carbocycles. The molecule has 0 N–H and O–H groups in total. The van der Waals surface area contributed by atoms with Crippen LogP contribution >= 0.6 is 0 Å². The van der Waals surface area contributed by atoms with Crippen LogP contribution < -0.4 is 0 Å². The zero-order valence-corrected chi connectivity index (χ0v) is 17.3. The number of alkyl halides is 3. The van der Waals surface area contributed by atoms with Crippen molar-refractivity contribution in [2.75, 3.05) is 6.61 Å². The molecule has 1 aliphatic rings. The van der Waals surface area contributed by atoms with E-state index in [9.17, 15) is 21.6 Å². The molecular formula is C23H19F3O4S. The van der Waals surface area contributed by atoms with E-state index in [1.807, 2.05) is 6.92 Å². The highest BCUT2D eigenvalue weighted by Gasteiger charge is 2.61. The molecule has 8 heteroatoms. The predicted molar refractivity (Wildman–Crippen MR) is 108 cm³/mol. The van der Waals surface area contributed by atoms with Crippen LogP contribution in [0.4, 0.5) is 13.2 Å². The van der Waals surface area contributed by atoms with E-state index in [0.29, 0.717) is 5.56 Å². The average molecular weight is 448 g/mol. The maximum Gasteiger partial charge on any atom is 0.416 e. The van der Waals surface area contributed by atoms with Gasteiger partial charge in [-0.2, -0.15) is 21.6 Å². The summed E-state index contributed by atoms with van der Waals surface area (Å²) >= 11 is 0. The van der Waals surface area contributed by atoms with Gasteiger partial charge >= 0.3 is 6.18 Å². The van der Waals surface area contributed by atoms with E-state index in [4.69, 9.17) is 8.92 Å². The van der Waals surface area contributed by atoms with Crippen molar-refractivity contribution in [3.05, 3.63) is 101 Å². The van der Waals surface area contributed by atoms with Crippen molar-refractivity contribution in [3.8, 4) is 0 Å². The number of epoxide rings is 1. The minimum atomic E-state index is -4.57. The van der Waals surface area contributed by atoms with Gasteiger partial charge in [-0.3, -0.25) is 4.18 Å². The number of rotatable bonds is 6. The molecule has 0 spiro atoms. The highest BCUT2D eigenvalue weighted by molar-refractivity contribution is 7.86. The van der Waals surface area contributed by atoms with Gasteiger partial charge in [-0.15, -0.1) is 0 Å². The van der Waals surface area contributed by atoms with E-state index in [1.54, 1.807) is 42.5 Å². The van der Waals surface area contributed by atoms with Crippen molar-refractivity contribution in [2.24, 2.45) is 0 Å². The molecule has 1 aliphatic heterocycles. The van der Waals surface area contributed by atoms with Crippen molar-refractivity contribution < 1.29 is 30.5 Å². The Kier molecular flexibility index (Phi) is 5.41. The summed E-state index contributed by atoms with van der Waals surface area (Å²) in [7, 11) is -4.12. The molecule has 0 bridgehead atoms. The summed E-state index contributed by atoms with van der Waals surface area (Å²) in [4.78, 5) is -0.0331. The Bertz CT molecular complexity index is 1180. The molecule has 162 valence electrons. The Balaban J connectivity index is 1.68. The highest BCUT2D eigenvalue weighted by Crippen LogP contribution is 2.59. The molecule has 0 aliphatic carbocycles. The van der Waals surface area contributed by atoms with Gasteiger partial charge in [0.15, 0.2) is 0 Å². The summed E-state index contributed by atoms with van der Waals surface area (Å²) in [6, 6.07) is 19.8. The summed E-state index contributed by atoms with van der Waals surface area (Å²) in [5, 5.41) is 0. The third kappa shape index (κ3) is 4.23. The van der Waals surface area contributed by atoms with Gasteiger partial charge in [0.05, 0.1) is 10.5 Å². The number of hydrogen-bond donors (Lipinski definition) is 0. The van der Waals surface area contributed by atoms with Gasteiger partial charge in [-0.25, -0.2) is 0 Å². The lowest BCUT2D eigenvalue weighted by Crippen LogP contribution is -2.22. The molecule has 0 aromatic heterocycles. The van der Waals surface area contributed by atoms with E-state index < -0.39 is 40.2 Å². The lowest BCUT2D eigenvalue weighted by molar-refractivity contribution is -0.138. The normalized spacial score (nSPS) is 21.1. The van der Waals surface area contributed by atoms with Crippen LogP contribution in [0.2, 0.25) is 0 Å². The third-order valence-corrected chi connectivity index (χ3v) is 6.52. The smallest absolute Gasteiger partial charge is 0.353 e. The average Bonchev–Trinajstić information content (AvgIpc) is 3.49. The molecule has 0 radical (unpaired) electrons. The molecule has 4 rings (SSSR count). The summed E-state index contributed by atoms with van der Waals surface area (Å²) in [6.45, 7) is 1.37. The largest absolute Gasteiger partial charge is 0.416 e. The molecule has 3 aromatic carbocycles. The number of aryl methyl sites for hydroxylation is 1. The maximum atomic E-state index is 13.5. The fourth-order valence-electron chi connectivity index (χ4n) is 3.55. The van der Waals surface area contributed by atoms with Crippen LogP contribution in [0.5, 0.6) is 0 Å². The maximum absolute atomic E-state index is 13.5. The van der Waals surface area contributed by atoms with Crippen molar-refractivity contribution in [1.82, 2.24) is 0 Å². The van der Waals surface area contributed by atoms with Crippen LogP contribution in [0.1, 0.15) is 28.4 Å². The van der Waals surface area contributed by atoms with Crippen molar-refractivity contribution in [3.63, 3.8) is 0 Å². The molecule has 1 heterocycles. The van der Waals surface area contributed by atoms with E-state index in [2.05, 4.69) is 0 Å². The second-order valence-electron chi connectivity index (χ2n) is 7.37. The Morgan fingerprint density at radius 1 is 0.935 bits per heavy atom. The predicted octanol–water partition coefficient (Wildman–Crippen LogP) is 5.39. The second kappa shape index (κ2) is 7.78. The highest BCUT2D eigenvalue weighted by atomic mass is 32.2. The Hall–Kier alpha value is -2.68. The first-order valence-electron chi connectivity index (χ1n) is 9.49. The van der Waals surface area contributed by atoms with Crippen LogP contribution in [0.15, 0.2) is 83.8 Å². The summed E-state index contributed by atoms with van der Waals surface area (Å²) in [6.07, 6.45) is -5.57. The van der Waals surface area contributed by atoms with E-state index in [-0.39, 0.29) is 10.5 Å². The van der Waals surface area contributed by atoms with Crippen molar-refractivity contribution in [1.29, 1.82) is 0 Å². The number of hydrogen-bond acceptors (Lipinski definition) is 4. The quantitative estimate of drug-likeness (QED) is 0.375. The number of benzene rings is 3. The van der Waals surface area contributed by atoms with Gasteiger partial charge in [0.1, 0.15) is 18.3 Å². The zero-order valence-electron chi connectivity index (χ0n) is 16.5. The van der Waals surface area contributed by atoms with Gasteiger partial charge in [0, 0.05) is 0 Å². The van der Waals surface area contributed by atoms with Crippen molar-refractivity contribution in [2.45, 2.75) is 29.7 Å². The second-order valence-corrected chi connectivity index (χ2v) is 8.98. The fraction of sp³-hybridized carbons (Fsp3) is 0.217. The van der Waals surface area contributed by atoms with E-state index in [0.717, 1.165) is 11.6 Å². The minimum absolute atomic E-state index is 0.0331. The first-order chi connectivity index (χ1) is 14.6. The number of halogens is 3. The molecule has 31 heavy (non-hydrogen) atoms.